The molecule has 0 saturated heterocycles. The van der Waals surface area contributed by atoms with Gasteiger partial charge in [0.05, 0.1) is 5.56 Å². The third-order valence-electron chi connectivity index (χ3n) is 6.06. The maximum atomic E-state index is 13.2. The van der Waals surface area contributed by atoms with E-state index in [0.29, 0.717) is 35.1 Å². The number of hydrogen-bond donors (Lipinski definition) is 0. The minimum Gasteiger partial charge on any atom is -0.488 e. The van der Waals surface area contributed by atoms with E-state index in [2.05, 4.69) is 18.2 Å². The van der Waals surface area contributed by atoms with Gasteiger partial charge in [-0.2, -0.15) is 0 Å². The van der Waals surface area contributed by atoms with E-state index in [0.717, 1.165) is 24.8 Å². The van der Waals surface area contributed by atoms with Crippen molar-refractivity contribution in [1.82, 2.24) is 0 Å². The first kappa shape index (κ1) is 30.1. The van der Waals surface area contributed by atoms with E-state index < -0.39 is 23.5 Å². The Labute approximate surface area is 227 Å². The molecule has 212 valence electrons. The molecule has 0 spiro atoms. The number of hydrogen-bond acceptors (Lipinski definition) is 5. The summed E-state index contributed by atoms with van der Waals surface area (Å²) in [5.41, 5.74) is 0.235. The van der Waals surface area contributed by atoms with Crippen molar-refractivity contribution < 1.29 is 36.6 Å². The molecule has 0 fully saturated rings. The van der Waals surface area contributed by atoms with Crippen LogP contribution in [-0.4, -0.2) is 23.5 Å². The number of aryl methyl sites for hydroxylation is 1. The Balaban J connectivity index is 1.85. The summed E-state index contributed by atoms with van der Waals surface area (Å²) in [6.45, 7) is 14.6. The predicted molar refractivity (Wildman–Crippen MR) is 146 cm³/mol. The van der Waals surface area contributed by atoms with Gasteiger partial charge in [-0.1, -0.05) is 32.4 Å². The van der Waals surface area contributed by atoms with Crippen molar-refractivity contribution in [2.75, 3.05) is 0 Å². The second-order valence-electron chi connectivity index (χ2n) is 11.1. The van der Waals surface area contributed by atoms with E-state index in [1.165, 1.54) is 6.07 Å². The molecule has 39 heavy (non-hydrogen) atoms. The van der Waals surface area contributed by atoms with Crippen LogP contribution in [0.5, 0.6) is 11.5 Å². The van der Waals surface area contributed by atoms with Gasteiger partial charge in [-0.05, 0) is 83.4 Å². The molecule has 0 atom stereocenters. The number of benzene rings is 2. The molecule has 0 radical (unpaired) electrons. The summed E-state index contributed by atoms with van der Waals surface area (Å²) >= 11 is 0. The minimum absolute atomic E-state index is 0.214. The van der Waals surface area contributed by atoms with Gasteiger partial charge in [-0.25, -0.2) is 4.79 Å². The van der Waals surface area contributed by atoms with Crippen LogP contribution in [0.4, 0.5) is 13.2 Å². The molecule has 3 rings (SSSR count). The third-order valence-corrected chi connectivity index (χ3v) is 6.06. The highest BCUT2D eigenvalue weighted by Gasteiger charge is 2.34. The summed E-state index contributed by atoms with van der Waals surface area (Å²) in [7, 11) is 0. The van der Waals surface area contributed by atoms with Crippen LogP contribution in [-0.2, 0) is 16.0 Å². The lowest BCUT2D eigenvalue weighted by molar-refractivity contribution is -0.274. The van der Waals surface area contributed by atoms with Crippen LogP contribution >= 0.6 is 0 Å². The Morgan fingerprint density at radius 2 is 1.67 bits per heavy atom. The molecular weight excluding hydrogens is 509 g/mol. The lowest BCUT2D eigenvalue weighted by atomic mass is 9.92. The van der Waals surface area contributed by atoms with Crippen LogP contribution in [0.3, 0.4) is 0 Å². The summed E-state index contributed by atoms with van der Waals surface area (Å²) < 4.78 is 61.8. The molecule has 1 heterocycles. The number of carbonyl (C=O) groups excluding carboxylic acids is 1. The molecule has 0 aliphatic heterocycles. The number of esters is 1. The summed E-state index contributed by atoms with van der Waals surface area (Å²) in [4.78, 5) is 12.0. The van der Waals surface area contributed by atoms with E-state index in [-0.39, 0.29) is 17.1 Å². The van der Waals surface area contributed by atoms with Crippen LogP contribution in [0, 0.1) is 0 Å². The van der Waals surface area contributed by atoms with Crippen LogP contribution in [0.1, 0.15) is 72.8 Å². The van der Waals surface area contributed by atoms with Gasteiger partial charge in [0.15, 0.2) is 0 Å². The van der Waals surface area contributed by atoms with Crippen LogP contribution in [0.2, 0.25) is 0 Å². The second-order valence-corrected chi connectivity index (χ2v) is 11.1. The van der Waals surface area contributed by atoms with Gasteiger partial charge in [0.1, 0.15) is 34.0 Å². The number of fused-ring (bicyclic) bond motifs is 1. The second kappa shape index (κ2) is 11.8. The highest BCUT2D eigenvalue weighted by molar-refractivity contribution is 5.87. The largest absolute Gasteiger partial charge is 0.573 e. The fourth-order valence-electron chi connectivity index (χ4n) is 4.68. The summed E-state index contributed by atoms with van der Waals surface area (Å²) in [6, 6.07) is 11.8. The van der Waals surface area contributed by atoms with Gasteiger partial charge in [0, 0.05) is 23.4 Å². The molecule has 2 aromatic carbocycles. The van der Waals surface area contributed by atoms with Crippen LogP contribution < -0.4 is 9.47 Å². The minimum atomic E-state index is -4.83. The molecule has 1 aromatic heterocycles. The lowest BCUT2D eigenvalue weighted by Gasteiger charge is -2.35. The topological polar surface area (TPSA) is 57.9 Å². The smallest absolute Gasteiger partial charge is 0.488 e. The summed E-state index contributed by atoms with van der Waals surface area (Å²) in [5.74, 6) is 0.00460. The molecule has 0 aliphatic carbocycles. The van der Waals surface area contributed by atoms with Gasteiger partial charge in [-0.3, -0.25) is 0 Å². The average molecular weight is 547 g/mol. The Kier molecular flexibility index (Phi) is 9.08. The molecule has 0 unspecified atom stereocenters. The van der Waals surface area contributed by atoms with Gasteiger partial charge in [0.2, 0.25) is 0 Å². The monoisotopic (exact) mass is 546 g/mol. The van der Waals surface area contributed by atoms with Crippen molar-refractivity contribution in [2.24, 2.45) is 0 Å². The summed E-state index contributed by atoms with van der Waals surface area (Å²) in [5, 5.41) is 0.704. The molecule has 3 aromatic rings. The molecule has 0 bridgehead atoms. The van der Waals surface area contributed by atoms with Crippen LogP contribution in [0.25, 0.3) is 22.3 Å². The SMILES string of the molecule is C=C(C)C(=O)OC(C)(C)CC(C)(C)Oc1ccc2cc(-c3ccc(CCCCC)cc3OC(F)(F)F)oc2c1. The van der Waals surface area contributed by atoms with Gasteiger partial charge < -0.3 is 18.6 Å². The standard InChI is InChI=1S/C31H37F3O5/c1-8-9-10-11-21-12-15-24(27(16-21)38-31(32,33)34)26-17-22-13-14-23(18-25(22)36-26)37-29(4,5)19-30(6,7)39-28(35)20(2)3/h12-18H,2,8-11,19H2,1,3-7H3. The molecular formula is C31H37F3O5. The molecule has 0 amide bonds. The van der Waals surface area contributed by atoms with Crippen LogP contribution in [0.15, 0.2) is 59.0 Å². The number of halogens is 3. The normalized spacial score (nSPS) is 12.4. The van der Waals surface area contributed by atoms with E-state index in [1.54, 1.807) is 57.2 Å². The average Bonchev–Trinajstić information content (AvgIpc) is 3.19. The maximum Gasteiger partial charge on any atom is 0.573 e. The third kappa shape index (κ3) is 8.80. The highest BCUT2D eigenvalue weighted by atomic mass is 19.4. The molecule has 5 nitrogen and oxygen atoms in total. The molecule has 0 N–H and O–H groups in total. The Hall–Kier alpha value is -3.42. The van der Waals surface area contributed by atoms with E-state index in [9.17, 15) is 18.0 Å². The zero-order valence-electron chi connectivity index (χ0n) is 23.5. The Morgan fingerprint density at radius 3 is 2.31 bits per heavy atom. The first-order valence-electron chi connectivity index (χ1n) is 13.1. The first-order valence-corrected chi connectivity index (χ1v) is 13.1. The van der Waals surface area contributed by atoms with Crippen molar-refractivity contribution >= 4 is 16.9 Å². The number of alkyl halides is 3. The van der Waals surface area contributed by atoms with Gasteiger partial charge in [0.25, 0.3) is 0 Å². The van der Waals surface area contributed by atoms with E-state index in [4.69, 9.17) is 13.9 Å². The molecule has 0 saturated carbocycles. The predicted octanol–water partition coefficient (Wildman–Crippen LogP) is 9.18. The van der Waals surface area contributed by atoms with Crippen molar-refractivity contribution in [2.45, 2.75) is 91.2 Å². The molecule has 8 heteroatoms. The van der Waals surface area contributed by atoms with Gasteiger partial charge >= 0.3 is 12.3 Å². The quantitative estimate of drug-likeness (QED) is 0.129. The maximum absolute atomic E-state index is 13.2. The van der Waals surface area contributed by atoms with Crippen molar-refractivity contribution in [3.8, 4) is 22.8 Å². The fourth-order valence-corrected chi connectivity index (χ4v) is 4.68. The fraction of sp³-hybridized carbons (Fsp3) is 0.452. The zero-order chi connectivity index (χ0) is 29.0. The number of furan rings is 1. The number of unbranched alkanes of at least 4 members (excludes halogenated alkanes) is 2. The van der Waals surface area contributed by atoms with Crippen molar-refractivity contribution in [1.29, 1.82) is 0 Å². The first-order chi connectivity index (χ1) is 18.1. The summed E-state index contributed by atoms with van der Waals surface area (Å²) in [6.07, 6.45) is -0.864. The van der Waals surface area contributed by atoms with Gasteiger partial charge in [-0.15, -0.1) is 13.2 Å². The van der Waals surface area contributed by atoms with E-state index >= 15 is 0 Å². The Morgan fingerprint density at radius 1 is 0.949 bits per heavy atom. The molecule has 0 aliphatic rings. The highest BCUT2D eigenvalue weighted by Crippen LogP contribution is 2.39. The van der Waals surface area contributed by atoms with Crippen molar-refractivity contribution in [3.05, 3.63) is 60.2 Å². The van der Waals surface area contributed by atoms with E-state index in [1.807, 2.05) is 13.8 Å². The Bertz CT molecular complexity index is 1320. The van der Waals surface area contributed by atoms with Crippen molar-refractivity contribution in [3.63, 3.8) is 0 Å². The number of rotatable bonds is 12. The zero-order valence-corrected chi connectivity index (χ0v) is 23.5. The lowest BCUT2D eigenvalue weighted by Crippen LogP contribution is -2.40. The number of carbonyl (C=O) groups is 1. The number of ether oxygens (including phenoxy) is 3.